The standard InChI is InChI=1S/C14H15NO/c15-11-14(12-7-3-1-4-8-12)16-13-9-5-2-6-10-13/h1-10,14H,11,15H2. The van der Waals surface area contributed by atoms with Crippen LogP contribution in [-0.4, -0.2) is 6.54 Å². The van der Waals surface area contributed by atoms with E-state index in [1.165, 1.54) is 0 Å². The topological polar surface area (TPSA) is 35.2 Å². The summed E-state index contributed by atoms with van der Waals surface area (Å²) in [4.78, 5) is 0. The van der Waals surface area contributed by atoms with Crippen LogP contribution in [0, 0.1) is 0 Å². The molecule has 2 heteroatoms. The van der Waals surface area contributed by atoms with E-state index < -0.39 is 0 Å². The molecule has 0 aromatic heterocycles. The fourth-order valence-corrected chi connectivity index (χ4v) is 1.58. The molecule has 2 aromatic carbocycles. The molecule has 2 rings (SSSR count). The number of hydrogen-bond acceptors (Lipinski definition) is 2. The first-order chi connectivity index (χ1) is 7.90. The third-order valence-corrected chi connectivity index (χ3v) is 2.41. The number of ether oxygens (including phenoxy) is 1. The van der Waals surface area contributed by atoms with Gasteiger partial charge in [-0.15, -0.1) is 0 Å². The Labute approximate surface area is 95.7 Å². The highest BCUT2D eigenvalue weighted by Gasteiger charge is 2.10. The van der Waals surface area contributed by atoms with E-state index in [0.29, 0.717) is 6.54 Å². The van der Waals surface area contributed by atoms with E-state index in [-0.39, 0.29) is 6.10 Å². The third kappa shape index (κ3) is 2.61. The Morgan fingerprint density at radius 2 is 1.44 bits per heavy atom. The molecular weight excluding hydrogens is 198 g/mol. The molecule has 0 fully saturated rings. The van der Waals surface area contributed by atoms with E-state index in [0.717, 1.165) is 11.3 Å². The lowest BCUT2D eigenvalue weighted by Crippen LogP contribution is -2.18. The summed E-state index contributed by atoms with van der Waals surface area (Å²) < 4.78 is 5.82. The Hall–Kier alpha value is -1.80. The van der Waals surface area contributed by atoms with Gasteiger partial charge in [-0.05, 0) is 17.7 Å². The Bertz CT molecular complexity index is 413. The van der Waals surface area contributed by atoms with Crippen LogP contribution >= 0.6 is 0 Å². The third-order valence-electron chi connectivity index (χ3n) is 2.41. The van der Waals surface area contributed by atoms with Crippen LogP contribution in [0.4, 0.5) is 0 Å². The van der Waals surface area contributed by atoms with Crippen LogP contribution in [0.15, 0.2) is 60.7 Å². The van der Waals surface area contributed by atoms with Gasteiger partial charge in [-0.3, -0.25) is 0 Å². The molecule has 0 spiro atoms. The zero-order chi connectivity index (χ0) is 11.2. The molecule has 0 amide bonds. The molecule has 0 heterocycles. The van der Waals surface area contributed by atoms with Crippen LogP contribution in [0.25, 0.3) is 0 Å². The zero-order valence-electron chi connectivity index (χ0n) is 9.04. The Kier molecular flexibility index (Phi) is 3.57. The molecule has 2 N–H and O–H groups in total. The Balaban J connectivity index is 2.13. The van der Waals surface area contributed by atoms with Crippen molar-refractivity contribution in [1.82, 2.24) is 0 Å². The number of nitrogens with two attached hydrogens (primary N) is 1. The molecular formula is C14H15NO. The molecule has 2 aromatic rings. The molecule has 1 atom stereocenters. The van der Waals surface area contributed by atoms with Gasteiger partial charge in [0.15, 0.2) is 0 Å². The summed E-state index contributed by atoms with van der Waals surface area (Å²) in [5, 5.41) is 0. The van der Waals surface area contributed by atoms with Crippen molar-refractivity contribution >= 4 is 0 Å². The number of rotatable bonds is 4. The van der Waals surface area contributed by atoms with E-state index in [9.17, 15) is 0 Å². The van der Waals surface area contributed by atoms with Crippen molar-refractivity contribution in [2.24, 2.45) is 5.73 Å². The van der Waals surface area contributed by atoms with Gasteiger partial charge in [0.1, 0.15) is 11.9 Å². The first-order valence-electron chi connectivity index (χ1n) is 5.37. The summed E-state index contributed by atoms with van der Waals surface area (Å²) in [7, 11) is 0. The summed E-state index contributed by atoms with van der Waals surface area (Å²) in [6.45, 7) is 0.471. The molecule has 16 heavy (non-hydrogen) atoms. The second-order valence-corrected chi connectivity index (χ2v) is 3.57. The lowest BCUT2D eigenvalue weighted by Gasteiger charge is -2.17. The lowest BCUT2D eigenvalue weighted by atomic mass is 10.1. The van der Waals surface area contributed by atoms with Gasteiger partial charge in [-0.2, -0.15) is 0 Å². The first-order valence-corrected chi connectivity index (χ1v) is 5.37. The molecule has 0 aliphatic heterocycles. The van der Waals surface area contributed by atoms with Crippen LogP contribution in [0.1, 0.15) is 11.7 Å². The van der Waals surface area contributed by atoms with E-state index in [4.69, 9.17) is 10.5 Å². The van der Waals surface area contributed by atoms with E-state index in [1.807, 2.05) is 60.7 Å². The maximum Gasteiger partial charge on any atom is 0.136 e. The minimum atomic E-state index is -0.0800. The highest BCUT2D eigenvalue weighted by Crippen LogP contribution is 2.20. The van der Waals surface area contributed by atoms with Gasteiger partial charge in [0.2, 0.25) is 0 Å². The average Bonchev–Trinajstić information content (AvgIpc) is 2.38. The van der Waals surface area contributed by atoms with Gasteiger partial charge in [-0.25, -0.2) is 0 Å². The van der Waals surface area contributed by atoms with Crippen molar-refractivity contribution in [3.05, 3.63) is 66.2 Å². The van der Waals surface area contributed by atoms with Crippen molar-refractivity contribution in [2.45, 2.75) is 6.10 Å². The molecule has 0 bridgehead atoms. The first kappa shape index (κ1) is 10.7. The van der Waals surface area contributed by atoms with Crippen LogP contribution < -0.4 is 10.5 Å². The van der Waals surface area contributed by atoms with Gasteiger partial charge in [0, 0.05) is 6.54 Å². The Morgan fingerprint density at radius 1 is 0.875 bits per heavy atom. The fraction of sp³-hybridized carbons (Fsp3) is 0.143. The Morgan fingerprint density at radius 3 is 2.00 bits per heavy atom. The second-order valence-electron chi connectivity index (χ2n) is 3.57. The van der Waals surface area contributed by atoms with Crippen LogP contribution in [-0.2, 0) is 0 Å². The number of para-hydroxylation sites is 1. The predicted molar refractivity (Wildman–Crippen MR) is 65.3 cm³/mol. The average molecular weight is 213 g/mol. The quantitative estimate of drug-likeness (QED) is 0.847. The summed E-state index contributed by atoms with van der Waals surface area (Å²) in [5.74, 6) is 0.849. The van der Waals surface area contributed by atoms with Gasteiger partial charge < -0.3 is 10.5 Å². The van der Waals surface area contributed by atoms with Crippen molar-refractivity contribution in [3.63, 3.8) is 0 Å². The smallest absolute Gasteiger partial charge is 0.136 e. The SMILES string of the molecule is NCC(Oc1ccccc1)c1ccccc1. The maximum atomic E-state index is 5.82. The van der Waals surface area contributed by atoms with E-state index >= 15 is 0 Å². The van der Waals surface area contributed by atoms with Gasteiger partial charge >= 0.3 is 0 Å². The number of hydrogen-bond donors (Lipinski definition) is 1. The highest BCUT2D eigenvalue weighted by molar-refractivity contribution is 5.24. The minimum Gasteiger partial charge on any atom is -0.484 e. The van der Waals surface area contributed by atoms with Crippen LogP contribution in [0.3, 0.4) is 0 Å². The summed E-state index contributed by atoms with van der Waals surface area (Å²) in [5.41, 5.74) is 6.83. The molecule has 0 saturated carbocycles. The summed E-state index contributed by atoms with van der Waals surface area (Å²) in [6, 6.07) is 19.8. The van der Waals surface area contributed by atoms with E-state index in [1.54, 1.807) is 0 Å². The van der Waals surface area contributed by atoms with Crippen molar-refractivity contribution in [2.75, 3.05) is 6.54 Å². The summed E-state index contributed by atoms with van der Waals surface area (Å²) in [6.07, 6.45) is -0.0800. The van der Waals surface area contributed by atoms with Crippen molar-refractivity contribution in [1.29, 1.82) is 0 Å². The molecule has 0 saturated heterocycles. The molecule has 2 nitrogen and oxygen atoms in total. The normalized spacial score (nSPS) is 12.1. The van der Waals surface area contributed by atoms with Crippen LogP contribution in [0.2, 0.25) is 0 Å². The molecule has 1 unspecified atom stereocenters. The predicted octanol–water partition coefficient (Wildman–Crippen LogP) is 2.77. The molecule has 0 radical (unpaired) electrons. The minimum absolute atomic E-state index is 0.0800. The monoisotopic (exact) mass is 213 g/mol. The highest BCUT2D eigenvalue weighted by atomic mass is 16.5. The fourth-order valence-electron chi connectivity index (χ4n) is 1.58. The maximum absolute atomic E-state index is 5.82. The molecule has 82 valence electrons. The van der Waals surface area contributed by atoms with E-state index in [2.05, 4.69) is 0 Å². The van der Waals surface area contributed by atoms with Crippen molar-refractivity contribution < 1.29 is 4.74 Å². The number of benzene rings is 2. The van der Waals surface area contributed by atoms with Gasteiger partial charge in [0.05, 0.1) is 0 Å². The largest absolute Gasteiger partial charge is 0.484 e. The molecule has 0 aliphatic rings. The molecule has 0 aliphatic carbocycles. The van der Waals surface area contributed by atoms with Gasteiger partial charge in [0.25, 0.3) is 0 Å². The second kappa shape index (κ2) is 5.33. The van der Waals surface area contributed by atoms with Crippen molar-refractivity contribution in [3.8, 4) is 5.75 Å². The van der Waals surface area contributed by atoms with Gasteiger partial charge in [-0.1, -0.05) is 48.5 Å². The summed E-state index contributed by atoms with van der Waals surface area (Å²) >= 11 is 0. The lowest BCUT2D eigenvalue weighted by molar-refractivity contribution is 0.214. The zero-order valence-corrected chi connectivity index (χ0v) is 9.04. The van der Waals surface area contributed by atoms with Crippen LogP contribution in [0.5, 0.6) is 5.75 Å².